The Morgan fingerprint density at radius 2 is 2.26 bits per heavy atom. The van der Waals surface area contributed by atoms with Crippen LogP contribution in [0.5, 0.6) is 0 Å². The summed E-state index contributed by atoms with van der Waals surface area (Å²) in [5.41, 5.74) is 0. The zero-order valence-electron chi connectivity index (χ0n) is 10.8. The lowest BCUT2D eigenvalue weighted by Gasteiger charge is -2.22. The molecule has 0 aliphatic heterocycles. The zero-order chi connectivity index (χ0) is 14.4. The third kappa shape index (κ3) is 4.10. The minimum Gasteiger partial charge on any atom is -0.395 e. The van der Waals surface area contributed by atoms with Crippen molar-refractivity contribution in [3.63, 3.8) is 0 Å². The molecule has 0 aliphatic carbocycles. The van der Waals surface area contributed by atoms with Crippen LogP contribution in [-0.4, -0.2) is 28.8 Å². The molecule has 7 nitrogen and oxygen atoms in total. The molecule has 1 aromatic rings. The van der Waals surface area contributed by atoms with E-state index in [-0.39, 0.29) is 24.6 Å². The second-order valence-corrected chi connectivity index (χ2v) is 4.45. The summed E-state index contributed by atoms with van der Waals surface area (Å²) in [6, 6.07) is 4.39. The zero-order valence-corrected chi connectivity index (χ0v) is 10.8. The molecule has 1 amide bonds. The number of hydrogen-bond donors (Lipinski definition) is 0. The molecular weight excluding hydrogens is 250 g/mol. The van der Waals surface area contributed by atoms with Gasteiger partial charge in [-0.25, -0.2) is 0 Å². The Morgan fingerprint density at radius 3 is 2.74 bits per heavy atom. The molecule has 0 aliphatic rings. The van der Waals surface area contributed by atoms with E-state index in [4.69, 9.17) is 9.68 Å². The van der Waals surface area contributed by atoms with Crippen LogP contribution >= 0.6 is 0 Å². The summed E-state index contributed by atoms with van der Waals surface area (Å²) in [5, 5.41) is 19.1. The monoisotopic (exact) mass is 265 g/mol. The Labute approximate surface area is 110 Å². The number of amides is 1. The Bertz CT molecular complexity index is 501. The maximum absolute atomic E-state index is 12.1. The van der Waals surface area contributed by atoms with E-state index < -0.39 is 16.7 Å². The van der Waals surface area contributed by atoms with Gasteiger partial charge in [-0.3, -0.25) is 14.9 Å². The highest BCUT2D eigenvalue weighted by Gasteiger charge is 2.22. The van der Waals surface area contributed by atoms with Gasteiger partial charge in [0.25, 0.3) is 5.91 Å². The average Bonchev–Trinajstić information content (AvgIpc) is 2.82. The van der Waals surface area contributed by atoms with Crippen LogP contribution in [0.15, 0.2) is 16.5 Å². The molecule has 0 aromatic carbocycles. The van der Waals surface area contributed by atoms with Crippen molar-refractivity contribution < 1.29 is 14.1 Å². The van der Waals surface area contributed by atoms with E-state index in [0.717, 1.165) is 6.07 Å². The first-order valence-corrected chi connectivity index (χ1v) is 5.86. The van der Waals surface area contributed by atoms with Crippen molar-refractivity contribution in [1.82, 2.24) is 4.90 Å². The molecule has 7 heteroatoms. The van der Waals surface area contributed by atoms with Crippen molar-refractivity contribution in [2.45, 2.75) is 20.3 Å². The number of nitrogens with zero attached hydrogens (tertiary/aromatic N) is 3. The van der Waals surface area contributed by atoms with Crippen molar-refractivity contribution in [2.24, 2.45) is 5.92 Å². The van der Waals surface area contributed by atoms with E-state index in [0.29, 0.717) is 6.54 Å². The van der Waals surface area contributed by atoms with E-state index in [1.807, 2.05) is 19.9 Å². The van der Waals surface area contributed by atoms with Gasteiger partial charge in [0.1, 0.15) is 4.92 Å². The van der Waals surface area contributed by atoms with Crippen molar-refractivity contribution in [3.8, 4) is 6.07 Å². The Kier molecular flexibility index (Phi) is 5.06. The average molecular weight is 265 g/mol. The lowest BCUT2D eigenvalue weighted by atomic mass is 10.2. The highest BCUT2D eigenvalue weighted by molar-refractivity contribution is 5.91. The van der Waals surface area contributed by atoms with Crippen LogP contribution in [0, 0.1) is 27.4 Å². The molecule has 0 saturated heterocycles. The Hall–Kier alpha value is -2.36. The smallest absolute Gasteiger partial charge is 0.395 e. The fraction of sp³-hybridized carbons (Fsp3) is 0.500. The predicted molar refractivity (Wildman–Crippen MR) is 66.3 cm³/mol. The molecule has 0 unspecified atom stereocenters. The van der Waals surface area contributed by atoms with Crippen LogP contribution in [0.25, 0.3) is 0 Å². The van der Waals surface area contributed by atoms with Gasteiger partial charge in [0.2, 0.25) is 0 Å². The van der Waals surface area contributed by atoms with E-state index in [2.05, 4.69) is 0 Å². The van der Waals surface area contributed by atoms with Gasteiger partial charge in [-0.15, -0.1) is 0 Å². The standard InChI is InChI=1S/C12H15N3O4/c1-9(2)8-14(7-3-6-13)12(16)10-4-5-11(19-10)15(17)18/h4-5,9H,3,7-8H2,1-2H3. The maximum Gasteiger partial charge on any atom is 0.433 e. The van der Waals surface area contributed by atoms with E-state index in [1.165, 1.54) is 11.0 Å². The lowest BCUT2D eigenvalue weighted by molar-refractivity contribution is -0.402. The summed E-state index contributed by atoms with van der Waals surface area (Å²) >= 11 is 0. The molecule has 0 bridgehead atoms. The molecule has 1 rings (SSSR count). The number of hydrogen-bond acceptors (Lipinski definition) is 5. The molecule has 0 fully saturated rings. The minimum atomic E-state index is -0.696. The van der Waals surface area contributed by atoms with Gasteiger partial charge in [-0.2, -0.15) is 5.26 Å². The van der Waals surface area contributed by atoms with Crippen LogP contribution in [-0.2, 0) is 0 Å². The quantitative estimate of drug-likeness (QED) is 0.579. The second-order valence-electron chi connectivity index (χ2n) is 4.45. The lowest BCUT2D eigenvalue weighted by Crippen LogP contribution is -2.34. The third-order valence-corrected chi connectivity index (χ3v) is 2.35. The normalized spacial score (nSPS) is 10.2. The molecule has 19 heavy (non-hydrogen) atoms. The SMILES string of the molecule is CC(C)CN(CCC#N)C(=O)c1ccc([N+](=O)[O-])o1. The second kappa shape index (κ2) is 6.54. The number of carbonyl (C=O) groups excluding carboxylic acids is 1. The van der Waals surface area contributed by atoms with Crippen molar-refractivity contribution in [1.29, 1.82) is 5.26 Å². The van der Waals surface area contributed by atoms with E-state index in [9.17, 15) is 14.9 Å². The minimum absolute atomic E-state index is 0.0784. The Morgan fingerprint density at radius 1 is 1.58 bits per heavy atom. The fourth-order valence-corrected chi connectivity index (χ4v) is 1.60. The van der Waals surface area contributed by atoms with Crippen LogP contribution in [0.4, 0.5) is 5.88 Å². The van der Waals surface area contributed by atoms with Gasteiger partial charge in [0.05, 0.1) is 18.6 Å². The number of rotatable bonds is 6. The molecular formula is C12H15N3O4. The van der Waals surface area contributed by atoms with Gasteiger partial charge in [-0.1, -0.05) is 13.8 Å². The van der Waals surface area contributed by atoms with Crippen LogP contribution in [0.2, 0.25) is 0 Å². The van der Waals surface area contributed by atoms with Crippen LogP contribution in [0.1, 0.15) is 30.8 Å². The third-order valence-electron chi connectivity index (χ3n) is 2.35. The number of nitriles is 1. The summed E-state index contributed by atoms with van der Waals surface area (Å²) in [5.74, 6) is -0.747. The summed E-state index contributed by atoms with van der Waals surface area (Å²) in [6.07, 6.45) is 0.210. The number of nitro groups is 1. The first-order valence-electron chi connectivity index (χ1n) is 5.86. The van der Waals surface area contributed by atoms with Crippen molar-refractivity contribution in [3.05, 3.63) is 28.0 Å². The molecule has 1 aromatic heterocycles. The van der Waals surface area contributed by atoms with Crippen LogP contribution < -0.4 is 0 Å². The van der Waals surface area contributed by atoms with Gasteiger partial charge < -0.3 is 9.32 Å². The number of carbonyl (C=O) groups is 1. The number of furan rings is 1. The maximum atomic E-state index is 12.1. The topological polar surface area (TPSA) is 100 Å². The summed E-state index contributed by atoms with van der Waals surface area (Å²) in [4.78, 5) is 23.4. The van der Waals surface area contributed by atoms with Crippen molar-refractivity contribution >= 4 is 11.8 Å². The van der Waals surface area contributed by atoms with Crippen molar-refractivity contribution in [2.75, 3.05) is 13.1 Å². The Balaban J connectivity index is 2.85. The first kappa shape index (κ1) is 14.7. The van der Waals surface area contributed by atoms with Gasteiger partial charge >= 0.3 is 5.88 Å². The molecule has 0 radical (unpaired) electrons. The predicted octanol–water partition coefficient (Wildman–Crippen LogP) is 2.20. The molecule has 1 heterocycles. The first-order chi connectivity index (χ1) is 8.95. The van der Waals surface area contributed by atoms with Gasteiger partial charge in [0, 0.05) is 13.1 Å². The molecule has 0 spiro atoms. The van der Waals surface area contributed by atoms with E-state index in [1.54, 1.807) is 0 Å². The van der Waals surface area contributed by atoms with E-state index >= 15 is 0 Å². The molecule has 0 atom stereocenters. The van der Waals surface area contributed by atoms with Gasteiger partial charge in [0.15, 0.2) is 5.76 Å². The summed E-state index contributed by atoms with van der Waals surface area (Å²) in [7, 11) is 0. The largest absolute Gasteiger partial charge is 0.433 e. The molecule has 102 valence electrons. The van der Waals surface area contributed by atoms with Gasteiger partial charge in [-0.05, 0) is 12.0 Å². The highest BCUT2D eigenvalue weighted by Crippen LogP contribution is 2.18. The molecule has 0 saturated carbocycles. The fourth-order valence-electron chi connectivity index (χ4n) is 1.60. The highest BCUT2D eigenvalue weighted by atomic mass is 16.6. The van der Waals surface area contributed by atoms with Crippen LogP contribution in [0.3, 0.4) is 0 Å². The summed E-state index contributed by atoms with van der Waals surface area (Å²) in [6.45, 7) is 4.63. The molecule has 0 N–H and O–H groups in total. The summed E-state index contributed by atoms with van der Waals surface area (Å²) < 4.78 is 4.88.